The highest BCUT2D eigenvalue weighted by molar-refractivity contribution is 7.99. The van der Waals surface area contributed by atoms with Crippen LogP contribution in [0.5, 0.6) is 0 Å². The summed E-state index contributed by atoms with van der Waals surface area (Å²) < 4.78 is 25.7. The van der Waals surface area contributed by atoms with E-state index in [1.165, 1.54) is 11.8 Å². The Morgan fingerprint density at radius 1 is 1.16 bits per heavy atom. The van der Waals surface area contributed by atoms with E-state index in [-0.39, 0.29) is 29.2 Å². The van der Waals surface area contributed by atoms with E-state index in [1.807, 2.05) is 61.5 Å². The lowest BCUT2D eigenvalue weighted by Crippen LogP contribution is -2.41. The van der Waals surface area contributed by atoms with Crippen molar-refractivity contribution in [1.29, 1.82) is 0 Å². The standard InChI is InChI=1S/C21H23N5O3S2/c1-16-7-5-6-10-19(16)26-21(22-23-24-26)30-14-20(27)25(13-17-8-3-2-4-9-17)18-11-12-31(28,29)15-18/h2-10,18H,11-15H2,1H3/t18-/m0/s1. The van der Waals surface area contributed by atoms with Crippen LogP contribution in [0.3, 0.4) is 0 Å². The van der Waals surface area contributed by atoms with Gasteiger partial charge in [-0.15, -0.1) is 5.10 Å². The van der Waals surface area contributed by atoms with Crippen molar-refractivity contribution in [3.63, 3.8) is 0 Å². The Balaban J connectivity index is 1.51. The number of nitrogens with zero attached hydrogens (tertiary/aromatic N) is 5. The van der Waals surface area contributed by atoms with Crippen molar-refractivity contribution in [1.82, 2.24) is 25.1 Å². The Labute approximate surface area is 185 Å². The summed E-state index contributed by atoms with van der Waals surface area (Å²) in [7, 11) is -3.11. The highest BCUT2D eigenvalue weighted by Crippen LogP contribution is 2.24. The lowest BCUT2D eigenvalue weighted by Gasteiger charge is -2.28. The van der Waals surface area contributed by atoms with Crippen LogP contribution in [0, 0.1) is 6.92 Å². The number of para-hydroxylation sites is 1. The normalized spacial score (nSPS) is 17.5. The molecule has 1 atom stereocenters. The van der Waals surface area contributed by atoms with Crippen LogP contribution in [-0.4, -0.2) is 62.7 Å². The maximum Gasteiger partial charge on any atom is 0.233 e. The first-order chi connectivity index (χ1) is 14.9. The molecule has 1 aromatic heterocycles. The van der Waals surface area contributed by atoms with E-state index in [0.29, 0.717) is 18.1 Å². The second-order valence-electron chi connectivity index (χ2n) is 7.51. The van der Waals surface area contributed by atoms with Gasteiger partial charge in [-0.05, 0) is 41.0 Å². The minimum atomic E-state index is -3.11. The third-order valence-electron chi connectivity index (χ3n) is 5.27. The molecule has 1 fully saturated rings. The van der Waals surface area contributed by atoms with Gasteiger partial charge in [0.25, 0.3) is 0 Å². The van der Waals surface area contributed by atoms with Crippen LogP contribution in [0.4, 0.5) is 0 Å². The molecule has 2 aromatic carbocycles. The van der Waals surface area contributed by atoms with Crippen molar-refractivity contribution < 1.29 is 13.2 Å². The van der Waals surface area contributed by atoms with Gasteiger partial charge >= 0.3 is 0 Å². The predicted octanol–water partition coefficient (Wildman–Crippen LogP) is 2.28. The summed E-state index contributed by atoms with van der Waals surface area (Å²) in [6, 6.07) is 17.0. The van der Waals surface area contributed by atoms with Gasteiger partial charge in [0.05, 0.1) is 22.9 Å². The zero-order valence-corrected chi connectivity index (χ0v) is 18.7. The lowest BCUT2D eigenvalue weighted by molar-refractivity contribution is -0.130. The number of hydrogen-bond acceptors (Lipinski definition) is 7. The monoisotopic (exact) mass is 457 g/mol. The van der Waals surface area contributed by atoms with E-state index >= 15 is 0 Å². The fourth-order valence-corrected chi connectivity index (χ4v) is 6.15. The average Bonchev–Trinajstić information content (AvgIpc) is 3.37. The first-order valence-electron chi connectivity index (χ1n) is 9.94. The molecule has 0 unspecified atom stereocenters. The number of benzene rings is 2. The molecule has 4 rings (SSSR count). The Morgan fingerprint density at radius 3 is 2.61 bits per heavy atom. The summed E-state index contributed by atoms with van der Waals surface area (Å²) >= 11 is 1.25. The summed E-state index contributed by atoms with van der Waals surface area (Å²) in [5, 5.41) is 12.4. The second kappa shape index (κ2) is 9.19. The molecule has 2 heterocycles. The van der Waals surface area contributed by atoms with Crippen molar-refractivity contribution >= 4 is 27.5 Å². The van der Waals surface area contributed by atoms with Gasteiger partial charge in [0.2, 0.25) is 11.1 Å². The number of thioether (sulfide) groups is 1. The molecule has 0 N–H and O–H groups in total. The lowest BCUT2D eigenvalue weighted by atomic mass is 10.1. The van der Waals surface area contributed by atoms with Crippen LogP contribution in [0.1, 0.15) is 17.5 Å². The summed E-state index contributed by atoms with van der Waals surface area (Å²) in [5.74, 6) is 0.122. The van der Waals surface area contributed by atoms with Crippen molar-refractivity contribution in [3.05, 3.63) is 65.7 Å². The van der Waals surface area contributed by atoms with Gasteiger partial charge in [0.15, 0.2) is 9.84 Å². The topological polar surface area (TPSA) is 98.1 Å². The van der Waals surface area contributed by atoms with Crippen LogP contribution < -0.4 is 0 Å². The molecule has 1 aliphatic rings. The molecular formula is C21H23N5O3S2. The van der Waals surface area contributed by atoms with E-state index in [4.69, 9.17) is 0 Å². The molecule has 10 heteroatoms. The highest BCUT2D eigenvalue weighted by Gasteiger charge is 2.34. The van der Waals surface area contributed by atoms with E-state index in [2.05, 4.69) is 15.5 Å². The number of rotatable bonds is 7. The summed E-state index contributed by atoms with van der Waals surface area (Å²) in [4.78, 5) is 14.9. The van der Waals surface area contributed by atoms with Crippen LogP contribution in [0.25, 0.3) is 5.69 Å². The largest absolute Gasteiger partial charge is 0.334 e. The van der Waals surface area contributed by atoms with Gasteiger partial charge in [-0.25, -0.2) is 8.42 Å². The third kappa shape index (κ3) is 5.13. The van der Waals surface area contributed by atoms with Gasteiger partial charge in [0.1, 0.15) is 0 Å². The second-order valence-corrected chi connectivity index (χ2v) is 10.7. The fraction of sp³-hybridized carbons (Fsp3) is 0.333. The van der Waals surface area contributed by atoms with Crippen molar-refractivity contribution in [2.75, 3.05) is 17.3 Å². The van der Waals surface area contributed by atoms with Crippen LogP contribution >= 0.6 is 11.8 Å². The van der Waals surface area contributed by atoms with Crippen molar-refractivity contribution in [3.8, 4) is 5.69 Å². The molecule has 31 heavy (non-hydrogen) atoms. The number of amides is 1. The third-order valence-corrected chi connectivity index (χ3v) is 7.93. The van der Waals surface area contributed by atoms with Crippen LogP contribution in [0.2, 0.25) is 0 Å². The molecular weight excluding hydrogens is 434 g/mol. The molecule has 0 bridgehead atoms. The van der Waals surface area contributed by atoms with Gasteiger partial charge in [-0.1, -0.05) is 60.3 Å². The zero-order chi connectivity index (χ0) is 21.8. The quantitative estimate of drug-likeness (QED) is 0.502. The summed E-state index contributed by atoms with van der Waals surface area (Å²) in [6.45, 7) is 2.35. The molecule has 0 aliphatic carbocycles. The molecule has 1 amide bonds. The number of carbonyl (C=O) groups excluding carboxylic acids is 1. The average molecular weight is 458 g/mol. The maximum absolute atomic E-state index is 13.2. The number of aryl methyl sites for hydroxylation is 1. The molecule has 3 aromatic rings. The number of sulfone groups is 1. The number of carbonyl (C=O) groups is 1. The van der Waals surface area contributed by atoms with E-state index in [9.17, 15) is 13.2 Å². The van der Waals surface area contributed by atoms with E-state index in [0.717, 1.165) is 16.8 Å². The van der Waals surface area contributed by atoms with Crippen LogP contribution in [0.15, 0.2) is 59.8 Å². The molecule has 0 radical (unpaired) electrons. The molecule has 8 nitrogen and oxygen atoms in total. The minimum absolute atomic E-state index is 0.0111. The molecule has 0 spiro atoms. The van der Waals surface area contributed by atoms with Gasteiger partial charge in [-0.2, -0.15) is 4.68 Å². The highest BCUT2D eigenvalue weighted by atomic mass is 32.2. The van der Waals surface area contributed by atoms with Crippen molar-refractivity contribution in [2.24, 2.45) is 0 Å². The van der Waals surface area contributed by atoms with Gasteiger partial charge in [-0.3, -0.25) is 4.79 Å². The Hall–Kier alpha value is -2.72. The summed E-state index contributed by atoms with van der Waals surface area (Å²) in [5.41, 5.74) is 2.84. The van der Waals surface area contributed by atoms with Gasteiger partial charge in [0, 0.05) is 12.6 Å². The fourth-order valence-electron chi connectivity index (χ4n) is 3.65. The van der Waals surface area contributed by atoms with E-state index in [1.54, 1.807) is 9.58 Å². The maximum atomic E-state index is 13.2. The molecule has 1 aliphatic heterocycles. The smallest absolute Gasteiger partial charge is 0.233 e. The van der Waals surface area contributed by atoms with Crippen molar-refractivity contribution in [2.45, 2.75) is 31.1 Å². The van der Waals surface area contributed by atoms with Gasteiger partial charge < -0.3 is 4.90 Å². The summed E-state index contributed by atoms with van der Waals surface area (Å²) in [6.07, 6.45) is 0.465. The molecule has 162 valence electrons. The number of hydrogen-bond donors (Lipinski definition) is 0. The first kappa shape index (κ1) is 21.5. The molecule has 0 saturated carbocycles. The Kier molecular flexibility index (Phi) is 6.38. The Bertz CT molecular complexity index is 1160. The van der Waals surface area contributed by atoms with Crippen LogP contribution in [-0.2, 0) is 21.2 Å². The number of tetrazole rings is 1. The SMILES string of the molecule is Cc1ccccc1-n1nnnc1SCC(=O)N(Cc1ccccc1)[C@H]1CCS(=O)(=O)C1. The zero-order valence-electron chi connectivity index (χ0n) is 17.1. The van der Waals surface area contributed by atoms with E-state index < -0.39 is 9.84 Å². The first-order valence-corrected chi connectivity index (χ1v) is 12.7. The molecule has 1 saturated heterocycles. The number of aromatic nitrogens is 4. The predicted molar refractivity (Wildman–Crippen MR) is 119 cm³/mol. The minimum Gasteiger partial charge on any atom is -0.334 e. The Morgan fingerprint density at radius 2 is 1.90 bits per heavy atom.